The molecule has 3 heterocycles. The van der Waals surface area contributed by atoms with E-state index in [-0.39, 0.29) is 0 Å². The van der Waals surface area contributed by atoms with Gasteiger partial charge in [-0.25, -0.2) is 9.67 Å². The van der Waals surface area contributed by atoms with Crippen molar-refractivity contribution in [3.63, 3.8) is 0 Å². The van der Waals surface area contributed by atoms with Crippen LogP contribution in [0.25, 0.3) is 78.2 Å². The second-order valence-electron chi connectivity index (χ2n) is 13.5. The molecule has 0 aliphatic carbocycles. The summed E-state index contributed by atoms with van der Waals surface area (Å²) in [5, 5.41) is 7.93. The lowest BCUT2D eigenvalue weighted by Crippen LogP contribution is -2.01. The van der Waals surface area contributed by atoms with Crippen LogP contribution in [0.15, 0.2) is 152 Å². The number of hydrogen-bond donors (Lipinski definition) is 0. The van der Waals surface area contributed by atoms with Gasteiger partial charge in [0.25, 0.3) is 0 Å². The van der Waals surface area contributed by atoms with Crippen LogP contribution in [-0.2, 0) is 7.05 Å². The van der Waals surface area contributed by atoms with Gasteiger partial charge in [-0.05, 0) is 67.8 Å². The molecule has 5 nitrogen and oxygen atoms in total. The highest BCUT2D eigenvalue weighted by Gasteiger charge is 2.26. The third-order valence-electron chi connectivity index (χ3n) is 9.99. The van der Waals surface area contributed by atoms with Gasteiger partial charge in [-0.15, -0.1) is 0 Å². The molecule has 0 bridgehead atoms. The normalized spacial score (nSPS) is 11.5. The molecule has 0 aliphatic rings. The predicted molar refractivity (Wildman–Crippen MR) is 211 cm³/mol. The van der Waals surface area contributed by atoms with E-state index in [1.165, 1.54) is 33.0 Å². The lowest BCUT2D eigenvalue weighted by Gasteiger charge is -2.16. The van der Waals surface area contributed by atoms with Crippen LogP contribution in [0.5, 0.6) is 0 Å². The molecule has 246 valence electrons. The zero-order valence-electron chi connectivity index (χ0n) is 29.2. The van der Waals surface area contributed by atoms with Crippen LogP contribution < -0.4 is 0 Å². The predicted octanol–water partition coefficient (Wildman–Crippen LogP) is 11.3. The molecule has 5 heteroatoms. The highest BCUT2D eigenvalue weighted by Crippen LogP contribution is 2.44. The number of benzene rings is 6. The molecule has 0 radical (unpaired) electrons. The Balaban J connectivity index is 1.36. The largest absolute Gasteiger partial charge is 0.334 e. The summed E-state index contributed by atoms with van der Waals surface area (Å²) in [7, 11) is 2.04. The lowest BCUT2D eigenvalue weighted by atomic mass is 9.89. The molecule has 0 fully saturated rings. The van der Waals surface area contributed by atoms with E-state index in [1.54, 1.807) is 0 Å². The third kappa shape index (κ3) is 5.09. The molecule has 0 atom stereocenters. The summed E-state index contributed by atoms with van der Waals surface area (Å²) in [6.07, 6.45) is 3.83. The van der Waals surface area contributed by atoms with Crippen molar-refractivity contribution in [3.8, 4) is 56.4 Å². The van der Waals surface area contributed by atoms with Crippen molar-refractivity contribution in [1.29, 1.82) is 0 Å². The van der Waals surface area contributed by atoms with Gasteiger partial charge in [0.05, 0.1) is 22.4 Å². The van der Waals surface area contributed by atoms with Gasteiger partial charge in [-0.1, -0.05) is 115 Å². The number of rotatable bonds is 6. The number of aryl methyl sites for hydroxylation is 4. The summed E-state index contributed by atoms with van der Waals surface area (Å²) >= 11 is 0. The Morgan fingerprint density at radius 2 is 1.20 bits per heavy atom. The van der Waals surface area contributed by atoms with E-state index in [0.29, 0.717) is 0 Å². The zero-order valence-corrected chi connectivity index (χ0v) is 29.2. The minimum absolute atomic E-state index is 0.935. The molecule has 0 N–H and O–H groups in total. The summed E-state index contributed by atoms with van der Waals surface area (Å²) < 4.78 is 6.60. The van der Waals surface area contributed by atoms with Gasteiger partial charge in [0, 0.05) is 58.2 Å². The second kappa shape index (κ2) is 12.1. The van der Waals surface area contributed by atoms with Gasteiger partial charge in [0.2, 0.25) is 0 Å². The van der Waals surface area contributed by atoms with E-state index >= 15 is 0 Å². The molecule has 3 aromatic heterocycles. The molecule has 0 saturated carbocycles. The van der Waals surface area contributed by atoms with Gasteiger partial charge in [0.15, 0.2) is 0 Å². The lowest BCUT2D eigenvalue weighted by molar-refractivity contribution is 0.892. The topological polar surface area (TPSA) is 40.6 Å². The second-order valence-corrected chi connectivity index (χ2v) is 13.5. The quantitative estimate of drug-likeness (QED) is 0.178. The number of para-hydroxylation sites is 1. The molecule has 9 aromatic rings. The number of fused-ring (bicyclic) bond motifs is 3. The molecule has 0 unspecified atom stereocenters. The molecule has 9 rings (SSSR count). The maximum atomic E-state index is 5.53. The van der Waals surface area contributed by atoms with E-state index in [1.807, 2.05) is 19.4 Å². The first-order valence-corrected chi connectivity index (χ1v) is 17.4. The standard InChI is InChI=1S/C46H37N5/c1-30-26-31(2)42(32(3)27-30)43-44(33-14-7-5-8-15-33)48-51(45(43)34-16-9-6-10-17-34)37-22-23-39-38-20-11-12-21-40(38)50(41(39)29-37)36-19-13-18-35(28-36)46-47-24-25-49(46)4/h5-29H,1-4H3. The minimum atomic E-state index is 0.935. The van der Waals surface area contributed by atoms with Crippen molar-refractivity contribution in [2.45, 2.75) is 20.8 Å². The number of imidazole rings is 1. The molecule has 0 amide bonds. The number of hydrogen-bond acceptors (Lipinski definition) is 2. The van der Waals surface area contributed by atoms with Crippen LogP contribution in [0.3, 0.4) is 0 Å². The van der Waals surface area contributed by atoms with Crippen LogP contribution >= 0.6 is 0 Å². The van der Waals surface area contributed by atoms with Crippen molar-refractivity contribution in [2.24, 2.45) is 7.05 Å². The summed E-state index contributed by atoms with van der Waals surface area (Å²) in [4.78, 5) is 4.65. The molecule has 51 heavy (non-hydrogen) atoms. The average molecular weight is 660 g/mol. The highest BCUT2D eigenvalue weighted by atomic mass is 15.3. The van der Waals surface area contributed by atoms with Crippen molar-refractivity contribution in [1.82, 2.24) is 23.9 Å². The van der Waals surface area contributed by atoms with Crippen LogP contribution in [0.1, 0.15) is 16.7 Å². The van der Waals surface area contributed by atoms with Gasteiger partial charge >= 0.3 is 0 Å². The first kappa shape index (κ1) is 30.6. The van der Waals surface area contributed by atoms with E-state index in [2.05, 4.69) is 179 Å². The Bertz CT molecular complexity index is 2700. The van der Waals surface area contributed by atoms with E-state index < -0.39 is 0 Å². The smallest absolute Gasteiger partial charge is 0.139 e. The SMILES string of the molecule is Cc1cc(C)c(-c2c(-c3ccccc3)nn(-c3ccc4c5ccccc5n(-c5cccc(-c6nccn6C)c5)c4c3)c2-c2ccccc2)c(C)c1. The Morgan fingerprint density at radius 3 is 1.92 bits per heavy atom. The van der Waals surface area contributed by atoms with Crippen LogP contribution in [0.4, 0.5) is 0 Å². The Kier molecular flexibility index (Phi) is 7.29. The van der Waals surface area contributed by atoms with Gasteiger partial charge < -0.3 is 9.13 Å². The summed E-state index contributed by atoms with van der Waals surface area (Å²) in [5.41, 5.74) is 15.8. The molecular weight excluding hydrogens is 623 g/mol. The monoisotopic (exact) mass is 659 g/mol. The Hall–Kier alpha value is -6.46. The molecule has 0 saturated heterocycles. The van der Waals surface area contributed by atoms with Crippen molar-refractivity contribution in [3.05, 3.63) is 169 Å². The fraction of sp³-hybridized carbons (Fsp3) is 0.0870. The summed E-state index contributed by atoms with van der Waals surface area (Å²) in [5.74, 6) is 0.935. The van der Waals surface area contributed by atoms with Crippen LogP contribution in [0, 0.1) is 20.8 Å². The van der Waals surface area contributed by atoms with E-state index in [9.17, 15) is 0 Å². The van der Waals surface area contributed by atoms with Gasteiger partial charge in [-0.3, -0.25) is 0 Å². The van der Waals surface area contributed by atoms with Gasteiger partial charge in [0.1, 0.15) is 11.5 Å². The van der Waals surface area contributed by atoms with Gasteiger partial charge in [-0.2, -0.15) is 5.10 Å². The number of aromatic nitrogens is 5. The number of nitrogens with zero attached hydrogens (tertiary/aromatic N) is 5. The Labute approximate surface area is 297 Å². The third-order valence-corrected chi connectivity index (χ3v) is 9.99. The average Bonchev–Trinajstić information content (AvgIpc) is 3.85. The van der Waals surface area contributed by atoms with Crippen LogP contribution in [-0.4, -0.2) is 23.9 Å². The van der Waals surface area contributed by atoms with Crippen molar-refractivity contribution < 1.29 is 0 Å². The fourth-order valence-corrected chi connectivity index (χ4v) is 7.87. The summed E-state index contributed by atoms with van der Waals surface area (Å²) in [6.45, 7) is 6.61. The summed E-state index contributed by atoms with van der Waals surface area (Å²) in [6, 6.07) is 50.0. The van der Waals surface area contributed by atoms with Crippen LogP contribution in [0.2, 0.25) is 0 Å². The Morgan fingerprint density at radius 1 is 0.529 bits per heavy atom. The maximum absolute atomic E-state index is 5.53. The molecule has 0 spiro atoms. The van der Waals surface area contributed by atoms with E-state index in [0.717, 1.165) is 61.9 Å². The van der Waals surface area contributed by atoms with E-state index in [4.69, 9.17) is 5.10 Å². The molecule has 0 aliphatic heterocycles. The minimum Gasteiger partial charge on any atom is -0.334 e. The zero-order chi connectivity index (χ0) is 34.6. The molecular formula is C46H37N5. The highest BCUT2D eigenvalue weighted by molar-refractivity contribution is 6.10. The van der Waals surface area contributed by atoms with Crippen molar-refractivity contribution in [2.75, 3.05) is 0 Å². The molecule has 6 aromatic carbocycles. The van der Waals surface area contributed by atoms with Crippen molar-refractivity contribution >= 4 is 21.8 Å². The first-order valence-electron chi connectivity index (χ1n) is 17.4. The first-order chi connectivity index (χ1) is 25.0. The maximum Gasteiger partial charge on any atom is 0.139 e. The fourth-order valence-electron chi connectivity index (χ4n) is 7.87.